The van der Waals surface area contributed by atoms with Gasteiger partial charge >= 0.3 is 0 Å². The highest BCUT2D eigenvalue weighted by Gasteiger charge is 2.08. The molecule has 106 valence electrons. The van der Waals surface area contributed by atoms with Crippen molar-refractivity contribution in [3.8, 4) is 0 Å². The van der Waals surface area contributed by atoms with Crippen molar-refractivity contribution >= 4 is 0 Å². The number of aryl methyl sites for hydroxylation is 2. The lowest BCUT2D eigenvalue weighted by molar-refractivity contribution is 0.225. The van der Waals surface area contributed by atoms with Crippen molar-refractivity contribution in [2.24, 2.45) is 0 Å². The maximum absolute atomic E-state index is 4.15. The Bertz CT molecular complexity index is 386. The SMILES string of the molecule is Cc1cc(CNCCCN2CCCCC2)c(C)nn1. The van der Waals surface area contributed by atoms with E-state index in [0.29, 0.717) is 0 Å². The van der Waals surface area contributed by atoms with Gasteiger partial charge in [-0.05, 0) is 70.9 Å². The fourth-order valence-electron chi connectivity index (χ4n) is 2.62. The standard InChI is InChI=1S/C15H26N4/c1-13-11-15(14(2)18-17-13)12-16-7-6-10-19-8-4-3-5-9-19/h11,16H,3-10,12H2,1-2H3. The molecule has 4 nitrogen and oxygen atoms in total. The molecule has 1 aromatic rings. The molecule has 0 bridgehead atoms. The second kappa shape index (κ2) is 7.56. The monoisotopic (exact) mass is 262 g/mol. The van der Waals surface area contributed by atoms with Crippen LogP contribution < -0.4 is 5.32 Å². The van der Waals surface area contributed by atoms with Crippen LogP contribution in [0.15, 0.2) is 6.07 Å². The van der Waals surface area contributed by atoms with Crippen LogP contribution in [0.1, 0.15) is 42.6 Å². The first-order valence-corrected chi connectivity index (χ1v) is 7.48. The van der Waals surface area contributed by atoms with Crippen molar-refractivity contribution in [3.63, 3.8) is 0 Å². The number of nitrogens with one attached hydrogen (secondary N) is 1. The molecule has 1 aromatic heterocycles. The molecule has 1 N–H and O–H groups in total. The van der Waals surface area contributed by atoms with Gasteiger partial charge < -0.3 is 10.2 Å². The van der Waals surface area contributed by atoms with Crippen molar-refractivity contribution in [1.29, 1.82) is 0 Å². The van der Waals surface area contributed by atoms with Crippen molar-refractivity contribution in [1.82, 2.24) is 20.4 Å². The van der Waals surface area contributed by atoms with Crippen LogP contribution in [0.4, 0.5) is 0 Å². The van der Waals surface area contributed by atoms with Crippen molar-refractivity contribution in [2.75, 3.05) is 26.2 Å². The molecule has 1 saturated heterocycles. The van der Waals surface area contributed by atoms with Gasteiger partial charge in [0.05, 0.1) is 11.4 Å². The van der Waals surface area contributed by atoms with Gasteiger partial charge in [-0.2, -0.15) is 10.2 Å². The van der Waals surface area contributed by atoms with E-state index in [1.165, 1.54) is 50.9 Å². The number of hydrogen-bond donors (Lipinski definition) is 1. The molecule has 2 heterocycles. The summed E-state index contributed by atoms with van der Waals surface area (Å²) >= 11 is 0. The first kappa shape index (κ1) is 14.4. The third-order valence-corrected chi connectivity index (χ3v) is 3.80. The van der Waals surface area contributed by atoms with E-state index in [1.807, 2.05) is 13.8 Å². The van der Waals surface area contributed by atoms with Crippen LogP contribution in [0.5, 0.6) is 0 Å². The number of rotatable bonds is 6. The Morgan fingerprint density at radius 3 is 2.74 bits per heavy atom. The molecule has 2 rings (SSSR count). The quantitative estimate of drug-likeness (QED) is 0.797. The Kier molecular flexibility index (Phi) is 5.73. The zero-order chi connectivity index (χ0) is 13.5. The smallest absolute Gasteiger partial charge is 0.0645 e. The van der Waals surface area contributed by atoms with Crippen molar-refractivity contribution in [2.45, 2.75) is 46.1 Å². The number of aromatic nitrogens is 2. The minimum Gasteiger partial charge on any atom is -0.313 e. The maximum Gasteiger partial charge on any atom is 0.0645 e. The predicted molar refractivity (Wildman–Crippen MR) is 78.1 cm³/mol. The second-order valence-corrected chi connectivity index (χ2v) is 5.53. The van der Waals surface area contributed by atoms with E-state index < -0.39 is 0 Å². The Balaban J connectivity index is 1.62. The summed E-state index contributed by atoms with van der Waals surface area (Å²) in [5, 5.41) is 11.7. The second-order valence-electron chi connectivity index (χ2n) is 5.53. The van der Waals surface area contributed by atoms with Crippen LogP contribution in [0.2, 0.25) is 0 Å². The molecular formula is C15H26N4. The molecule has 4 heteroatoms. The first-order chi connectivity index (χ1) is 9.25. The molecule has 1 aliphatic heterocycles. The van der Waals surface area contributed by atoms with Crippen LogP contribution in [-0.2, 0) is 6.54 Å². The van der Waals surface area contributed by atoms with Gasteiger partial charge in [0.2, 0.25) is 0 Å². The van der Waals surface area contributed by atoms with E-state index in [0.717, 1.165) is 24.5 Å². The highest BCUT2D eigenvalue weighted by molar-refractivity contribution is 5.19. The van der Waals surface area contributed by atoms with Crippen LogP contribution in [0.25, 0.3) is 0 Å². The zero-order valence-corrected chi connectivity index (χ0v) is 12.3. The van der Waals surface area contributed by atoms with Gasteiger partial charge in [-0.3, -0.25) is 0 Å². The van der Waals surface area contributed by atoms with Crippen molar-refractivity contribution in [3.05, 3.63) is 23.0 Å². The molecule has 0 spiro atoms. The summed E-state index contributed by atoms with van der Waals surface area (Å²) in [6, 6.07) is 2.12. The van der Waals surface area contributed by atoms with E-state index in [1.54, 1.807) is 0 Å². The van der Waals surface area contributed by atoms with E-state index in [-0.39, 0.29) is 0 Å². The summed E-state index contributed by atoms with van der Waals surface area (Å²) in [4.78, 5) is 2.59. The molecule has 0 saturated carbocycles. The van der Waals surface area contributed by atoms with Gasteiger partial charge in [-0.15, -0.1) is 0 Å². The Morgan fingerprint density at radius 1 is 1.16 bits per heavy atom. The number of piperidine rings is 1. The summed E-state index contributed by atoms with van der Waals surface area (Å²) in [5.41, 5.74) is 3.30. The van der Waals surface area contributed by atoms with E-state index in [4.69, 9.17) is 0 Å². The van der Waals surface area contributed by atoms with Gasteiger partial charge in [0, 0.05) is 6.54 Å². The van der Waals surface area contributed by atoms with E-state index in [2.05, 4.69) is 26.5 Å². The van der Waals surface area contributed by atoms with Crippen LogP contribution >= 0.6 is 0 Å². The molecule has 0 amide bonds. The molecular weight excluding hydrogens is 236 g/mol. The van der Waals surface area contributed by atoms with Gasteiger partial charge in [-0.1, -0.05) is 6.42 Å². The predicted octanol–water partition coefficient (Wildman–Crippen LogP) is 2.06. The number of likely N-dealkylation sites (tertiary alicyclic amines) is 1. The number of hydrogen-bond acceptors (Lipinski definition) is 4. The van der Waals surface area contributed by atoms with Crippen LogP contribution in [0.3, 0.4) is 0 Å². The third kappa shape index (κ3) is 4.88. The van der Waals surface area contributed by atoms with Gasteiger partial charge in [0.15, 0.2) is 0 Å². The summed E-state index contributed by atoms with van der Waals surface area (Å²) in [7, 11) is 0. The maximum atomic E-state index is 4.15. The lowest BCUT2D eigenvalue weighted by Gasteiger charge is -2.26. The fourth-order valence-corrected chi connectivity index (χ4v) is 2.62. The minimum atomic E-state index is 0.905. The third-order valence-electron chi connectivity index (χ3n) is 3.80. The lowest BCUT2D eigenvalue weighted by atomic mass is 10.1. The Morgan fingerprint density at radius 2 is 1.95 bits per heavy atom. The summed E-state index contributed by atoms with van der Waals surface area (Å²) in [5.74, 6) is 0. The molecule has 0 unspecified atom stereocenters. The topological polar surface area (TPSA) is 41.0 Å². The Hall–Kier alpha value is -1.00. The highest BCUT2D eigenvalue weighted by atomic mass is 15.1. The molecule has 19 heavy (non-hydrogen) atoms. The van der Waals surface area contributed by atoms with E-state index >= 15 is 0 Å². The summed E-state index contributed by atoms with van der Waals surface area (Å²) in [6.07, 6.45) is 5.42. The molecule has 0 aliphatic carbocycles. The van der Waals surface area contributed by atoms with Crippen molar-refractivity contribution < 1.29 is 0 Å². The molecule has 0 radical (unpaired) electrons. The minimum absolute atomic E-state index is 0.905. The van der Waals surface area contributed by atoms with Gasteiger partial charge in [0.25, 0.3) is 0 Å². The number of nitrogens with zero attached hydrogens (tertiary/aromatic N) is 3. The average molecular weight is 262 g/mol. The normalized spacial score (nSPS) is 16.7. The largest absolute Gasteiger partial charge is 0.313 e. The average Bonchev–Trinajstić information content (AvgIpc) is 2.43. The van der Waals surface area contributed by atoms with E-state index in [9.17, 15) is 0 Å². The van der Waals surface area contributed by atoms with Crippen LogP contribution in [-0.4, -0.2) is 41.3 Å². The van der Waals surface area contributed by atoms with Gasteiger partial charge in [-0.25, -0.2) is 0 Å². The summed E-state index contributed by atoms with van der Waals surface area (Å²) in [6.45, 7) is 9.84. The molecule has 1 fully saturated rings. The van der Waals surface area contributed by atoms with Crippen LogP contribution in [0, 0.1) is 13.8 Å². The lowest BCUT2D eigenvalue weighted by Crippen LogP contribution is -2.32. The molecule has 0 atom stereocenters. The highest BCUT2D eigenvalue weighted by Crippen LogP contribution is 2.08. The summed E-state index contributed by atoms with van der Waals surface area (Å²) < 4.78 is 0. The first-order valence-electron chi connectivity index (χ1n) is 7.48. The van der Waals surface area contributed by atoms with Gasteiger partial charge in [0.1, 0.15) is 0 Å². The fraction of sp³-hybridized carbons (Fsp3) is 0.733. The molecule has 0 aromatic carbocycles. The zero-order valence-electron chi connectivity index (χ0n) is 12.3. The molecule has 1 aliphatic rings. The Labute approximate surface area is 116 Å².